The van der Waals surface area contributed by atoms with E-state index in [1.165, 1.54) is 16.5 Å². The van der Waals surface area contributed by atoms with Gasteiger partial charge in [0.05, 0.1) is 5.92 Å². The number of hydrogen-bond acceptors (Lipinski definition) is 2. The first-order valence-corrected chi connectivity index (χ1v) is 14.7. The third-order valence-corrected chi connectivity index (χ3v) is 7.90. The molecule has 0 fully saturated rings. The zero-order valence-electron chi connectivity index (χ0n) is 24.7. The summed E-state index contributed by atoms with van der Waals surface area (Å²) in [5.41, 5.74) is 6.36. The standard InChI is InChI=1S/C37H39N3O2/c1-27(2)40(37(42)36(30-12-6-4-7-13-30)31-14-8-5-9-15-31)26-35(41)39(25-29-20-18-28(3)19-21-29)23-22-32-24-38-34-17-11-10-16-33(32)34/h4-21,24,27,36,38H,22-23,25-26H2,1-3H3. The highest BCUT2D eigenvalue weighted by molar-refractivity contribution is 5.91. The molecule has 5 nitrogen and oxygen atoms in total. The van der Waals surface area contributed by atoms with Gasteiger partial charge in [-0.2, -0.15) is 0 Å². The Morgan fingerprint density at radius 3 is 1.98 bits per heavy atom. The smallest absolute Gasteiger partial charge is 0.242 e. The molecule has 0 saturated heterocycles. The number of para-hydroxylation sites is 1. The van der Waals surface area contributed by atoms with Crippen LogP contribution in [0.2, 0.25) is 0 Å². The number of amides is 2. The van der Waals surface area contributed by atoms with Gasteiger partial charge in [-0.05, 0) is 55.5 Å². The highest BCUT2D eigenvalue weighted by Gasteiger charge is 2.31. The van der Waals surface area contributed by atoms with E-state index in [1.807, 2.05) is 97.7 Å². The summed E-state index contributed by atoms with van der Waals surface area (Å²) in [6.07, 6.45) is 2.75. The Balaban J connectivity index is 1.41. The first-order valence-electron chi connectivity index (χ1n) is 14.7. The van der Waals surface area contributed by atoms with E-state index < -0.39 is 5.92 Å². The highest BCUT2D eigenvalue weighted by atomic mass is 16.2. The van der Waals surface area contributed by atoms with Crippen molar-refractivity contribution in [2.24, 2.45) is 0 Å². The molecule has 214 valence electrons. The molecule has 0 aliphatic rings. The second kappa shape index (κ2) is 13.3. The van der Waals surface area contributed by atoms with Gasteiger partial charge in [-0.25, -0.2) is 0 Å². The lowest BCUT2D eigenvalue weighted by Gasteiger charge is -2.33. The first-order chi connectivity index (χ1) is 20.4. The number of aryl methyl sites for hydroxylation is 1. The number of aromatic amines is 1. The molecule has 4 aromatic carbocycles. The Bertz CT molecular complexity index is 1570. The van der Waals surface area contributed by atoms with Crippen molar-refractivity contribution < 1.29 is 9.59 Å². The molecular formula is C37H39N3O2. The molecule has 0 aliphatic carbocycles. The van der Waals surface area contributed by atoms with Gasteiger partial charge in [-0.15, -0.1) is 0 Å². The molecule has 0 bridgehead atoms. The number of nitrogens with one attached hydrogen (secondary N) is 1. The average Bonchev–Trinajstić information content (AvgIpc) is 3.43. The van der Waals surface area contributed by atoms with Crippen molar-refractivity contribution in [2.45, 2.75) is 45.7 Å². The number of hydrogen-bond donors (Lipinski definition) is 1. The minimum absolute atomic E-state index is 0.0203. The zero-order valence-corrected chi connectivity index (χ0v) is 24.7. The van der Waals surface area contributed by atoms with E-state index in [2.05, 4.69) is 48.3 Å². The summed E-state index contributed by atoms with van der Waals surface area (Å²) in [5.74, 6) is -0.612. The maximum atomic E-state index is 14.3. The molecule has 1 heterocycles. The summed E-state index contributed by atoms with van der Waals surface area (Å²) in [6, 6.07) is 36.1. The molecule has 0 atom stereocenters. The van der Waals surface area contributed by atoms with Gasteiger partial charge < -0.3 is 14.8 Å². The summed E-state index contributed by atoms with van der Waals surface area (Å²) >= 11 is 0. The van der Waals surface area contributed by atoms with Crippen LogP contribution in [0.4, 0.5) is 0 Å². The van der Waals surface area contributed by atoms with Crippen molar-refractivity contribution in [3.8, 4) is 0 Å². The number of benzene rings is 4. The van der Waals surface area contributed by atoms with E-state index in [-0.39, 0.29) is 24.4 Å². The van der Waals surface area contributed by atoms with Crippen molar-refractivity contribution in [1.29, 1.82) is 0 Å². The summed E-state index contributed by atoms with van der Waals surface area (Å²) in [7, 11) is 0. The van der Waals surface area contributed by atoms with E-state index in [4.69, 9.17) is 0 Å². The van der Waals surface area contributed by atoms with Crippen molar-refractivity contribution in [2.75, 3.05) is 13.1 Å². The summed E-state index contributed by atoms with van der Waals surface area (Å²) in [4.78, 5) is 35.3. The van der Waals surface area contributed by atoms with Gasteiger partial charge in [0.15, 0.2) is 0 Å². The molecule has 2 amide bonds. The third-order valence-electron chi connectivity index (χ3n) is 7.90. The van der Waals surface area contributed by atoms with Gasteiger partial charge >= 0.3 is 0 Å². The van der Waals surface area contributed by atoms with Crippen LogP contribution in [0.3, 0.4) is 0 Å². The normalized spacial score (nSPS) is 11.3. The Kier molecular flexibility index (Phi) is 9.18. The quantitative estimate of drug-likeness (QED) is 0.188. The maximum Gasteiger partial charge on any atom is 0.242 e. The molecule has 5 aromatic rings. The number of carbonyl (C=O) groups is 2. The molecule has 0 unspecified atom stereocenters. The van der Waals surface area contributed by atoms with Gasteiger partial charge in [0.2, 0.25) is 11.8 Å². The average molecular weight is 558 g/mol. The lowest BCUT2D eigenvalue weighted by Crippen LogP contribution is -2.47. The van der Waals surface area contributed by atoms with E-state index in [9.17, 15) is 9.59 Å². The molecule has 42 heavy (non-hydrogen) atoms. The van der Waals surface area contributed by atoms with Crippen LogP contribution in [0, 0.1) is 6.92 Å². The van der Waals surface area contributed by atoms with E-state index >= 15 is 0 Å². The Morgan fingerprint density at radius 1 is 0.762 bits per heavy atom. The summed E-state index contributed by atoms with van der Waals surface area (Å²) in [5, 5.41) is 1.17. The van der Waals surface area contributed by atoms with Crippen molar-refractivity contribution in [1.82, 2.24) is 14.8 Å². The van der Waals surface area contributed by atoms with Crippen LogP contribution in [-0.4, -0.2) is 45.7 Å². The van der Waals surface area contributed by atoms with Crippen molar-refractivity contribution in [3.05, 3.63) is 143 Å². The molecule has 1 aromatic heterocycles. The van der Waals surface area contributed by atoms with Crippen LogP contribution in [0.25, 0.3) is 10.9 Å². The van der Waals surface area contributed by atoms with Gasteiger partial charge in [0.1, 0.15) is 6.54 Å². The molecule has 5 rings (SSSR count). The molecule has 0 aliphatic heterocycles. The fraction of sp³-hybridized carbons (Fsp3) is 0.243. The molecular weight excluding hydrogens is 518 g/mol. The minimum atomic E-state index is -0.487. The van der Waals surface area contributed by atoms with Crippen molar-refractivity contribution >= 4 is 22.7 Å². The number of fused-ring (bicyclic) bond motifs is 1. The highest BCUT2D eigenvalue weighted by Crippen LogP contribution is 2.28. The minimum Gasteiger partial charge on any atom is -0.361 e. The lowest BCUT2D eigenvalue weighted by molar-refractivity contribution is -0.142. The number of rotatable bonds is 11. The topological polar surface area (TPSA) is 56.4 Å². The number of H-pyrrole nitrogens is 1. The summed E-state index contributed by atoms with van der Waals surface area (Å²) in [6.45, 7) is 7.08. The van der Waals surface area contributed by atoms with Gasteiger partial charge in [0.25, 0.3) is 0 Å². The molecule has 5 heteroatoms. The van der Waals surface area contributed by atoms with Crippen LogP contribution < -0.4 is 0 Å². The van der Waals surface area contributed by atoms with E-state index in [0.29, 0.717) is 19.5 Å². The van der Waals surface area contributed by atoms with Crippen LogP contribution in [0.1, 0.15) is 47.6 Å². The van der Waals surface area contributed by atoms with Crippen molar-refractivity contribution in [3.63, 3.8) is 0 Å². The van der Waals surface area contributed by atoms with Gasteiger partial charge in [-0.3, -0.25) is 9.59 Å². The largest absolute Gasteiger partial charge is 0.361 e. The third kappa shape index (κ3) is 6.80. The first kappa shape index (κ1) is 28.9. The van der Waals surface area contributed by atoms with Crippen LogP contribution in [0.5, 0.6) is 0 Å². The molecule has 0 saturated carbocycles. The summed E-state index contributed by atoms with van der Waals surface area (Å²) < 4.78 is 0. The lowest BCUT2D eigenvalue weighted by atomic mass is 9.89. The molecule has 0 spiro atoms. The number of aromatic nitrogens is 1. The van der Waals surface area contributed by atoms with Crippen LogP contribution >= 0.6 is 0 Å². The number of carbonyl (C=O) groups excluding carboxylic acids is 2. The Labute approximate surface area is 248 Å². The maximum absolute atomic E-state index is 14.3. The molecule has 0 radical (unpaired) electrons. The SMILES string of the molecule is Cc1ccc(CN(CCc2c[nH]c3ccccc23)C(=O)CN(C(=O)C(c2ccccc2)c2ccccc2)C(C)C)cc1. The zero-order chi connectivity index (χ0) is 29.5. The fourth-order valence-electron chi connectivity index (χ4n) is 5.49. The number of nitrogens with zero attached hydrogens (tertiary/aromatic N) is 2. The second-order valence-electron chi connectivity index (χ2n) is 11.2. The van der Waals surface area contributed by atoms with E-state index in [1.54, 1.807) is 4.90 Å². The Morgan fingerprint density at radius 2 is 1.36 bits per heavy atom. The van der Waals surface area contributed by atoms with E-state index in [0.717, 1.165) is 22.2 Å². The second-order valence-corrected chi connectivity index (χ2v) is 11.2. The fourth-order valence-corrected chi connectivity index (χ4v) is 5.49. The molecule has 1 N–H and O–H groups in total. The predicted molar refractivity (Wildman–Crippen MR) is 170 cm³/mol. The Hall–Kier alpha value is -4.64. The monoisotopic (exact) mass is 557 g/mol. The van der Waals surface area contributed by atoms with Crippen LogP contribution in [0.15, 0.2) is 115 Å². The van der Waals surface area contributed by atoms with Crippen LogP contribution in [-0.2, 0) is 22.6 Å². The predicted octanol–water partition coefficient (Wildman–Crippen LogP) is 7.12. The van der Waals surface area contributed by atoms with Gasteiger partial charge in [0, 0.05) is 36.2 Å². The van der Waals surface area contributed by atoms with Gasteiger partial charge in [-0.1, -0.05) is 109 Å².